The van der Waals surface area contributed by atoms with E-state index in [-0.39, 0.29) is 0 Å². The highest BCUT2D eigenvalue weighted by Crippen LogP contribution is 2.41. The lowest BCUT2D eigenvalue weighted by Gasteiger charge is -1.97. The number of nitrogens with one attached hydrogen (secondary N) is 1. The van der Waals surface area contributed by atoms with Gasteiger partial charge in [0.05, 0.1) is 0 Å². The van der Waals surface area contributed by atoms with E-state index in [2.05, 4.69) is 22.4 Å². The monoisotopic (exact) mass is 211 g/mol. The Morgan fingerprint density at radius 3 is 3.00 bits per heavy atom. The van der Waals surface area contributed by atoms with Crippen molar-refractivity contribution in [3.8, 4) is 0 Å². The highest BCUT2D eigenvalue weighted by molar-refractivity contribution is 7.11. The first-order valence-electron chi connectivity index (χ1n) is 5.43. The zero-order valence-electron chi connectivity index (χ0n) is 8.62. The molecule has 1 N–H and O–H groups in total. The highest BCUT2D eigenvalue weighted by Gasteiger charge is 2.27. The lowest BCUT2D eigenvalue weighted by Crippen LogP contribution is -2.14. The van der Waals surface area contributed by atoms with Gasteiger partial charge in [-0.15, -0.1) is 21.5 Å². The summed E-state index contributed by atoms with van der Waals surface area (Å²) in [6.07, 6.45) is 4.91. The van der Waals surface area contributed by atoms with Crippen LogP contribution in [0.5, 0.6) is 0 Å². The maximum Gasteiger partial charge on any atom is 0.120 e. The summed E-state index contributed by atoms with van der Waals surface area (Å²) in [5.41, 5.74) is 0. The fourth-order valence-corrected chi connectivity index (χ4v) is 2.46. The Labute approximate surface area is 88.9 Å². The molecule has 0 unspecified atom stereocenters. The molecule has 3 nitrogen and oxygen atoms in total. The van der Waals surface area contributed by atoms with Crippen LogP contribution in [0.1, 0.15) is 42.1 Å². The van der Waals surface area contributed by atoms with E-state index in [1.54, 1.807) is 0 Å². The van der Waals surface area contributed by atoms with E-state index in [0.29, 0.717) is 0 Å². The van der Waals surface area contributed by atoms with Crippen molar-refractivity contribution in [1.82, 2.24) is 15.5 Å². The minimum absolute atomic E-state index is 0.759. The van der Waals surface area contributed by atoms with Crippen molar-refractivity contribution in [3.63, 3.8) is 0 Å². The third kappa shape index (κ3) is 2.75. The lowest BCUT2D eigenvalue weighted by molar-refractivity contribution is 0.669. The van der Waals surface area contributed by atoms with Crippen LogP contribution in [0.2, 0.25) is 0 Å². The van der Waals surface area contributed by atoms with Crippen LogP contribution in [0.15, 0.2) is 0 Å². The van der Waals surface area contributed by atoms with Gasteiger partial charge in [0.25, 0.3) is 0 Å². The number of hydrogen-bond donors (Lipinski definition) is 1. The Bertz CT molecular complexity index is 281. The quantitative estimate of drug-likeness (QED) is 0.731. The summed E-state index contributed by atoms with van der Waals surface area (Å²) in [6.45, 7) is 4.29. The molecule has 0 radical (unpaired) electrons. The molecule has 2 rings (SSSR count). The molecule has 78 valence electrons. The van der Waals surface area contributed by atoms with Crippen LogP contribution in [0.25, 0.3) is 0 Å². The second-order valence-corrected chi connectivity index (χ2v) is 4.86. The van der Waals surface area contributed by atoms with Gasteiger partial charge in [0.2, 0.25) is 0 Å². The van der Waals surface area contributed by atoms with Gasteiger partial charge in [0.1, 0.15) is 10.0 Å². The van der Waals surface area contributed by atoms with Crippen LogP contribution in [0.3, 0.4) is 0 Å². The molecule has 0 atom stereocenters. The maximum atomic E-state index is 4.23. The molecular weight excluding hydrogens is 194 g/mol. The number of aromatic nitrogens is 2. The fraction of sp³-hybridized carbons (Fsp3) is 0.800. The third-order valence-electron chi connectivity index (χ3n) is 2.40. The van der Waals surface area contributed by atoms with Gasteiger partial charge in [-0.1, -0.05) is 6.92 Å². The number of nitrogens with zero attached hydrogens (tertiary/aromatic N) is 2. The number of hydrogen-bond acceptors (Lipinski definition) is 4. The lowest BCUT2D eigenvalue weighted by atomic mass is 10.3. The van der Waals surface area contributed by atoms with Crippen molar-refractivity contribution < 1.29 is 0 Å². The summed E-state index contributed by atoms with van der Waals surface area (Å²) in [5, 5.41) is 14.2. The molecule has 0 aromatic carbocycles. The normalized spacial score (nSPS) is 16.1. The van der Waals surface area contributed by atoms with Gasteiger partial charge in [-0.2, -0.15) is 0 Å². The van der Waals surface area contributed by atoms with E-state index in [4.69, 9.17) is 0 Å². The topological polar surface area (TPSA) is 37.8 Å². The largest absolute Gasteiger partial charge is 0.317 e. The summed E-state index contributed by atoms with van der Waals surface area (Å²) in [6, 6.07) is 0. The molecule has 1 aromatic heterocycles. The fourth-order valence-electron chi connectivity index (χ4n) is 1.40. The van der Waals surface area contributed by atoms with Crippen molar-refractivity contribution in [2.45, 2.75) is 38.5 Å². The van der Waals surface area contributed by atoms with Crippen LogP contribution in [-0.2, 0) is 6.42 Å². The van der Waals surface area contributed by atoms with E-state index >= 15 is 0 Å². The Balaban J connectivity index is 1.72. The molecule has 1 saturated carbocycles. The van der Waals surface area contributed by atoms with Crippen molar-refractivity contribution in [3.05, 3.63) is 10.0 Å². The predicted octanol–water partition coefficient (Wildman–Crippen LogP) is 1.96. The second kappa shape index (κ2) is 4.84. The molecule has 1 aliphatic carbocycles. The molecular formula is C10H17N3S. The third-order valence-corrected chi connectivity index (χ3v) is 3.55. The molecule has 0 bridgehead atoms. The standard InChI is InChI=1S/C10H17N3S/c1-2-11-7-3-4-9-12-13-10(14-9)8-5-6-8/h8,11H,2-7H2,1H3. The van der Waals surface area contributed by atoms with Gasteiger partial charge < -0.3 is 5.32 Å². The van der Waals surface area contributed by atoms with Crippen molar-refractivity contribution in [1.29, 1.82) is 0 Å². The summed E-state index contributed by atoms with van der Waals surface area (Å²) in [7, 11) is 0. The Morgan fingerprint density at radius 1 is 1.43 bits per heavy atom. The van der Waals surface area contributed by atoms with Gasteiger partial charge in [-0.25, -0.2) is 0 Å². The average molecular weight is 211 g/mol. The summed E-state index contributed by atoms with van der Waals surface area (Å²) >= 11 is 1.81. The van der Waals surface area contributed by atoms with E-state index in [1.165, 1.54) is 29.3 Å². The number of rotatable bonds is 6. The first kappa shape index (κ1) is 10.1. The molecule has 1 heterocycles. The van der Waals surface area contributed by atoms with E-state index in [1.807, 2.05) is 11.3 Å². The van der Waals surface area contributed by atoms with Crippen molar-refractivity contribution in [2.24, 2.45) is 0 Å². The minimum Gasteiger partial charge on any atom is -0.317 e. The highest BCUT2D eigenvalue weighted by atomic mass is 32.1. The molecule has 0 aliphatic heterocycles. The Kier molecular flexibility index (Phi) is 3.48. The molecule has 1 fully saturated rings. The average Bonchev–Trinajstić information content (AvgIpc) is 2.94. The zero-order valence-corrected chi connectivity index (χ0v) is 9.44. The van der Waals surface area contributed by atoms with Crippen LogP contribution < -0.4 is 5.32 Å². The van der Waals surface area contributed by atoms with E-state index in [0.717, 1.165) is 25.4 Å². The maximum absolute atomic E-state index is 4.23. The van der Waals surface area contributed by atoms with Crippen LogP contribution in [0, 0.1) is 0 Å². The Hall–Kier alpha value is -0.480. The number of aryl methyl sites for hydroxylation is 1. The SMILES string of the molecule is CCNCCCc1nnc(C2CC2)s1. The minimum atomic E-state index is 0.759. The van der Waals surface area contributed by atoms with Crippen LogP contribution >= 0.6 is 11.3 Å². The molecule has 0 spiro atoms. The molecule has 0 amide bonds. The van der Waals surface area contributed by atoms with Gasteiger partial charge >= 0.3 is 0 Å². The summed E-state index contributed by atoms with van der Waals surface area (Å²) in [5.74, 6) is 0.759. The molecule has 0 saturated heterocycles. The summed E-state index contributed by atoms with van der Waals surface area (Å²) in [4.78, 5) is 0. The first-order valence-corrected chi connectivity index (χ1v) is 6.24. The van der Waals surface area contributed by atoms with E-state index < -0.39 is 0 Å². The van der Waals surface area contributed by atoms with E-state index in [9.17, 15) is 0 Å². The second-order valence-electron chi connectivity index (χ2n) is 3.77. The van der Waals surface area contributed by atoms with Gasteiger partial charge in [-0.3, -0.25) is 0 Å². The van der Waals surface area contributed by atoms with Crippen LogP contribution in [-0.4, -0.2) is 23.3 Å². The first-order chi connectivity index (χ1) is 6.90. The Morgan fingerprint density at radius 2 is 2.29 bits per heavy atom. The van der Waals surface area contributed by atoms with Crippen molar-refractivity contribution in [2.75, 3.05) is 13.1 Å². The summed E-state index contributed by atoms with van der Waals surface area (Å²) < 4.78 is 0. The van der Waals surface area contributed by atoms with Crippen LogP contribution in [0.4, 0.5) is 0 Å². The zero-order chi connectivity index (χ0) is 9.80. The molecule has 1 aromatic rings. The predicted molar refractivity (Wildman–Crippen MR) is 58.7 cm³/mol. The van der Waals surface area contributed by atoms with Gasteiger partial charge in [-0.05, 0) is 32.4 Å². The van der Waals surface area contributed by atoms with Crippen molar-refractivity contribution >= 4 is 11.3 Å². The molecule has 14 heavy (non-hydrogen) atoms. The molecule has 1 aliphatic rings. The smallest absolute Gasteiger partial charge is 0.120 e. The van der Waals surface area contributed by atoms with Gasteiger partial charge in [0, 0.05) is 12.3 Å². The van der Waals surface area contributed by atoms with Gasteiger partial charge in [0.15, 0.2) is 0 Å². The molecule has 4 heteroatoms.